The van der Waals surface area contributed by atoms with Crippen LogP contribution in [0.1, 0.15) is 23.6 Å². The number of aliphatic imine (C=N–C) groups is 1. The highest BCUT2D eigenvalue weighted by Gasteiger charge is 2.08. The first-order valence-corrected chi connectivity index (χ1v) is 10.1. The highest BCUT2D eigenvalue weighted by molar-refractivity contribution is 5.79. The molecule has 6 nitrogen and oxygen atoms in total. The van der Waals surface area contributed by atoms with Gasteiger partial charge in [0.05, 0.1) is 19.3 Å². The van der Waals surface area contributed by atoms with Gasteiger partial charge in [0, 0.05) is 32.2 Å². The molecule has 2 aromatic rings. The molecule has 0 aliphatic rings. The van der Waals surface area contributed by atoms with E-state index in [2.05, 4.69) is 21.7 Å². The van der Waals surface area contributed by atoms with E-state index in [0.29, 0.717) is 38.7 Å². The third-order valence-electron chi connectivity index (χ3n) is 4.34. The van der Waals surface area contributed by atoms with Gasteiger partial charge >= 0.3 is 0 Å². The fraction of sp³-hybridized carbons (Fsp3) is 0.435. The van der Waals surface area contributed by atoms with Crippen LogP contribution in [0, 0.1) is 6.92 Å². The highest BCUT2D eigenvalue weighted by Crippen LogP contribution is 2.21. The zero-order valence-corrected chi connectivity index (χ0v) is 17.6. The predicted molar refractivity (Wildman–Crippen MR) is 118 cm³/mol. The van der Waals surface area contributed by atoms with Crippen molar-refractivity contribution in [1.82, 2.24) is 10.6 Å². The molecule has 0 amide bonds. The van der Waals surface area contributed by atoms with E-state index < -0.39 is 6.10 Å². The molecule has 0 heterocycles. The van der Waals surface area contributed by atoms with Crippen molar-refractivity contribution in [2.45, 2.75) is 32.9 Å². The number of aryl methyl sites for hydroxylation is 1. The zero-order chi connectivity index (χ0) is 20.9. The Morgan fingerprint density at radius 2 is 1.90 bits per heavy atom. The first-order valence-electron chi connectivity index (χ1n) is 10.1. The van der Waals surface area contributed by atoms with Gasteiger partial charge in [-0.05, 0) is 31.0 Å². The Balaban J connectivity index is 1.95. The van der Waals surface area contributed by atoms with Crippen LogP contribution in [-0.2, 0) is 17.7 Å². The van der Waals surface area contributed by atoms with Gasteiger partial charge in [-0.15, -0.1) is 0 Å². The second-order valence-corrected chi connectivity index (χ2v) is 6.87. The number of nitrogens with zero attached hydrogens (tertiary/aromatic N) is 1. The fourth-order valence-electron chi connectivity index (χ4n) is 2.84. The van der Waals surface area contributed by atoms with Crippen LogP contribution in [0.25, 0.3) is 0 Å². The van der Waals surface area contributed by atoms with Crippen molar-refractivity contribution in [2.24, 2.45) is 4.99 Å². The number of hydrogen-bond acceptors (Lipinski definition) is 4. The van der Waals surface area contributed by atoms with Crippen LogP contribution in [0.4, 0.5) is 0 Å². The molecule has 0 saturated carbocycles. The lowest BCUT2D eigenvalue weighted by Crippen LogP contribution is -2.41. The van der Waals surface area contributed by atoms with Gasteiger partial charge in [0.2, 0.25) is 0 Å². The molecule has 0 aliphatic carbocycles. The average molecular weight is 400 g/mol. The van der Waals surface area contributed by atoms with E-state index in [1.165, 1.54) is 0 Å². The monoisotopic (exact) mass is 399 g/mol. The van der Waals surface area contributed by atoms with Gasteiger partial charge in [-0.2, -0.15) is 0 Å². The molecule has 29 heavy (non-hydrogen) atoms. The summed E-state index contributed by atoms with van der Waals surface area (Å²) in [6, 6.07) is 16.1. The Bertz CT molecular complexity index is 750. The summed E-state index contributed by atoms with van der Waals surface area (Å²) in [6.45, 7) is 6.74. The number of rotatable bonds is 11. The lowest BCUT2D eigenvalue weighted by Gasteiger charge is -2.16. The highest BCUT2D eigenvalue weighted by atomic mass is 16.5. The summed E-state index contributed by atoms with van der Waals surface area (Å²) >= 11 is 0. The molecule has 0 radical (unpaired) electrons. The lowest BCUT2D eigenvalue weighted by atomic mass is 10.1. The number of nitrogens with one attached hydrogen (secondary N) is 2. The van der Waals surface area contributed by atoms with Gasteiger partial charge in [0.1, 0.15) is 12.4 Å². The molecule has 2 aromatic carbocycles. The molecule has 1 atom stereocenters. The molecule has 2 rings (SSSR count). The summed E-state index contributed by atoms with van der Waals surface area (Å²) in [5.74, 6) is 1.49. The van der Waals surface area contributed by atoms with Crippen LogP contribution in [0.3, 0.4) is 0 Å². The van der Waals surface area contributed by atoms with E-state index in [-0.39, 0.29) is 0 Å². The Morgan fingerprint density at radius 1 is 1.10 bits per heavy atom. The molecule has 1 unspecified atom stereocenters. The van der Waals surface area contributed by atoms with Crippen LogP contribution in [0.15, 0.2) is 53.5 Å². The number of benzene rings is 2. The lowest BCUT2D eigenvalue weighted by molar-refractivity contribution is 0.145. The molecule has 0 aliphatic heterocycles. The fourth-order valence-corrected chi connectivity index (χ4v) is 2.84. The minimum atomic E-state index is -0.492. The predicted octanol–water partition coefficient (Wildman–Crippen LogP) is 2.68. The number of hydrogen-bond donors (Lipinski definition) is 3. The van der Waals surface area contributed by atoms with Crippen LogP contribution in [0.2, 0.25) is 0 Å². The molecular formula is C23H33N3O3. The third-order valence-corrected chi connectivity index (χ3v) is 4.34. The van der Waals surface area contributed by atoms with E-state index >= 15 is 0 Å². The second-order valence-electron chi connectivity index (χ2n) is 6.87. The van der Waals surface area contributed by atoms with Crippen molar-refractivity contribution in [2.75, 3.05) is 33.4 Å². The molecule has 3 N–H and O–H groups in total. The topological polar surface area (TPSA) is 75.1 Å². The number of aliphatic hydroxyl groups excluding tert-OH is 1. The molecule has 0 fully saturated rings. The Labute approximate surface area is 174 Å². The Hall–Kier alpha value is -2.57. The van der Waals surface area contributed by atoms with E-state index in [9.17, 15) is 5.11 Å². The summed E-state index contributed by atoms with van der Waals surface area (Å²) < 4.78 is 10.9. The van der Waals surface area contributed by atoms with Crippen molar-refractivity contribution >= 4 is 5.96 Å². The zero-order valence-electron chi connectivity index (χ0n) is 17.6. The van der Waals surface area contributed by atoms with E-state index in [0.717, 1.165) is 29.0 Å². The summed E-state index contributed by atoms with van der Waals surface area (Å²) in [6.07, 6.45) is 0.108. The maximum atomic E-state index is 10.3. The van der Waals surface area contributed by atoms with Crippen LogP contribution >= 0.6 is 0 Å². The smallest absolute Gasteiger partial charge is 0.191 e. The molecular weight excluding hydrogens is 366 g/mol. The number of aliphatic hydroxyl groups is 1. The van der Waals surface area contributed by atoms with Crippen molar-refractivity contribution in [3.05, 3.63) is 65.2 Å². The second kappa shape index (κ2) is 12.8. The molecule has 6 heteroatoms. The quantitative estimate of drug-likeness (QED) is 0.308. The minimum Gasteiger partial charge on any atom is -0.491 e. The molecule has 0 bridgehead atoms. The average Bonchev–Trinajstić information content (AvgIpc) is 2.72. The Kier molecular flexibility index (Phi) is 10.0. The number of guanidine groups is 1. The van der Waals surface area contributed by atoms with Gasteiger partial charge in [0.15, 0.2) is 5.96 Å². The maximum absolute atomic E-state index is 10.3. The summed E-state index contributed by atoms with van der Waals surface area (Å²) in [5, 5.41) is 16.8. The molecule has 0 spiro atoms. The van der Waals surface area contributed by atoms with Crippen molar-refractivity contribution in [1.29, 1.82) is 0 Å². The molecule has 0 aromatic heterocycles. The van der Waals surface area contributed by atoms with Crippen LogP contribution < -0.4 is 15.4 Å². The maximum Gasteiger partial charge on any atom is 0.191 e. The molecule has 0 saturated heterocycles. The van der Waals surface area contributed by atoms with Gasteiger partial charge in [-0.1, -0.05) is 42.5 Å². The summed E-state index contributed by atoms with van der Waals surface area (Å²) in [7, 11) is 1.66. The summed E-state index contributed by atoms with van der Waals surface area (Å²) in [5.41, 5.74) is 3.26. The first kappa shape index (κ1) is 22.7. The van der Waals surface area contributed by atoms with E-state index in [1.54, 1.807) is 7.11 Å². The van der Waals surface area contributed by atoms with Gasteiger partial charge in [-0.3, -0.25) is 0 Å². The van der Waals surface area contributed by atoms with Gasteiger partial charge < -0.3 is 25.2 Å². The van der Waals surface area contributed by atoms with Gasteiger partial charge in [0.25, 0.3) is 0 Å². The normalized spacial score (nSPS) is 12.5. The standard InChI is InChI=1S/C23H33N3O3/c1-4-24-23(26-17-21(27)15-19-8-6-5-7-9-19)25-16-20-11-10-18(2)14-22(20)29-13-12-28-3/h5-11,14,21,27H,4,12-13,15-17H2,1-3H3,(H2,24,25,26). The van der Waals surface area contributed by atoms with E-state index in [1.807, 2.05) is 56.3 Å². The van der Waals surface area contributed by atoms with Crippen molar-refractivity contribution < 1.29 is 14.6 Å². The van der Waals surface area contributed by atoms with Crippen molar-refractivity contribution in [3.8, 4) is 5.75 Å². The van der Waals surface area contributed by atoms with Crippen molar-refractivity contribution in [3.63, 3.8) is 0 Å². The van der Waals surface area contributed by atoms with E-state index in [4.69, 9.17) is 9.47 Å². The number of ether oxygens (including phenoxy) is 2. The first-order chi connectivity index (χ1) is 14.1. The van der Waals surface area contributed by atoms with Crippen LogP contribution in [-0.4, -0.2) is 50.6 Å². The SMILES string of the molecule is CCNC(=NCc1ccc(C)cc1OCCOC)NCC(O)Cc1ccccc1. The van der Waals surface area contributed by atoms with Gasteiger partial charge in [-0.25, -0.2) is 4.99 Å². The molecule has 158 valence electrons. The largest absolute Gasteiger partial charge is 0.491 e. The summed E-state index contributed by atoms with van der Waals surface area (Å²) in [4.78, 5) is 4.65. The third kappa shape index (κ3) is 8.54. The Morgan fingerprint density at radius 3 is 2.62 bits per heavy atom. The van der Waals surface area contributed by atoms with Crippen LogP contribution in [0.5, 0.6) is 5.75 Å². The minimum absolute atomic E-state index is 0.422. The number of methoxy groups -OCH3 is 1.